The van der Waals surface area contributed by atoms with E-state index in [0.717, 1.165) is 22.4 Å². The maximum atomic E-state index is 6.22. The molecular formula is C22H20Cl2N2O2. The number of nitrogens with zero attached hydrogens (tertiary/aromatic N) is 1. The van der Waals surface area contributed by atoms with Gasteiger partial charge in [0.05, 0.1) is 19.0 Å². The van der Waals surface area contributed by atoms with E-state index in [9.17, 15) is 0 Å². The molecule has 0 aromatic heterocycles. The minimum absolute atomic E-state index is 0.321. The molecule has 28 heavy (non-hydrogen) atoms. The van der Waals surface area contributed by atoms with Crippen molar-refractivity contribution in [3.63, 3.8) is 0 Å². The first kappa shape index (κ1) is 20.1. The van der Waals surface area contributed by atoms with Gasteiger partial charge in [-0.25, -0.2) is 0 Å². The number of hydrogen-bond donors (Lipinski definition) is 1. The number of methoxy groups -OCH3 is 1. The van der Waals surface area contributed by atoms with Gasteiger partial charge in [0.2, 0.25) is 0 Å². The van der Waals surface area contributed by atoms with E-state index in [1.165, 1.54) is 0 Å². The molecule has 144 valence electrons. The van der Waals surface area contributed by atoms with Crippen LogP contribution >= 0.6 is 23.2 Å². The highest BCUT2D eigenvalue weighted by atomic mass is 35.5. The standard InChI is InChI=1S/C22H20Cl2N2O2/c1-15-10-11-18(12-20(15)24)26-25-13-16-7-5-9-21(27-2)22(16)28-14-17-6-3-4-8-19(17)23/h3-13,26H,14H2,1-2H3. The van der Waals surface area contributed by atoms with E-state index < -0.39 is 0 Å². The zero-order valence-electron chi connectivity index (χ0n) is 15.6. The SMILES string of the molecule is COc1cccc(C=NNc2ccc(C)c(Cl)c2)c1OCc1ccccc1Cl. The number of ether oxygens (including phenoxy) is 2. The summed E-state index contributed by atoms with van der Waals surface area (Å²) in [6.45, 7) is 2.27. The number of benzene rings is 3. The summed E-state index contributed by atoms with van der Waals surface area (Å²) in [5.74, 6) is 1.21. The van der Waals surface area contributed by atoms with Crippen LogP contribution < -0.4 is 14.9 Å². The molecule has 0 aliphatic carbocycles. The molecule has 3 rings (SSSR count). The summed E-state index contributed by atoms with van der Waals surface area (Å²) in [6, 6.07) is 18.9. The van der Waals surface area contributed by atoms with Crippen molar-refractivity contribution in [1.82, 2.24) is 0 Å². The van der Waals surface area contributed by atoms with Crippen molar-refractivity contribution in [2.75, 3.05) is 12.5 Å². The average Bonchev–Trinajstić information content (AvgIpc) is 2.70. The van der Waals surface area contributed by atoms with E-state index in [2.05, 4.69) is 10.5 Å². The number of nitrogens with one attached hydrogen (secondary N) is 1. The Kier molecular flexibility index (Phi) is 6.80. The highest BCUT2D eigenvalue weighted by Gasteiger charge is 2.10. The van der Waals surface area contributed by atoms with Crippen molar-refractivity contribution in [3.05, 3.63) is 87.4 Å². The Morgan fingerprint density at radius 1 is 1.00 bits per heavy atom. The molecule has 0 unspecified atom stereocenters. The maximum Gasteiger partial charge on any atom is 0.170 e. The zero-order chi connectivity index (χ0) is 19.9. The van der Waals surface area contributed by atoms with E-state index in [1.54, 1.807) is 13.3 Å². The number of halogens is 2. The summed E-state index contributed by atoms with van der Waals surface area (Å²) in [4.78, 5) is 0. The fraction of sp³-hybridized carbons (Fsp3) is 0.136. The van der Waals surface area contributed by atoms with Gasteiger partial charge in [-0.2, -0.15) is 5.10 Å². The monoisotopic (exact) mass is 414 g/mol. The lowest BCUT2D eigenvalue weighted by Gasteiger charge is -2.14. The van der Waals surface area contributed by atoms with Crippen LogP contribution in [0.1, 0.15) is 16.7 Å². The molecule has 0 aliphatic heterocycles. The lowest BCUT2D eigenvalue weighted by atomic mass is 10.2. The summed E-state index contributed by atoms with van der Waals surface area (Å²) in [5.41, 5.74) is 6.46. The fourth-order valence-electron chi connectivity index (χ4n) is 2.55. The number of aryl methyl sites for hydroxylation is 1. The van der Waals surface area contributed by atoms with E-state index >= 15 is 0 Å². The van der Waals surface area contributed by atoms with Gasteiger partial charge in [-0.05, 0) is 42.8 Å². The van der Waals surface area contributed by atoms with Crippen LogP contribution in [0.4, 0.5) is 5.69 Å². The van der Waals surface area contributed by atoms with Gasteiger partial charge in [0.25, 0.3) is 0 Å². The summed E-state index contributed by atoms with van der Waals surface area (Å²) in [7, 11) is 1.60. The highest BCUT2D eigenvalue weighted by molar-refractivity contribution is 6.31. The van der Waals surface area contributed by atoms with E-state index in [0.29, 0.717) is 28.2 Å². The van der Waals surface area contributed by atoms with Crippen molar-refractivity contribution in [2.24, 2.45) is 5.10 Å². The predicted octanol–water partition coefficient (Wildman–Crippen LogP) is 6.34. The van der Waals surface area contributed by atoms with Gasteiger partial charge in [-0.3, -0.25) is 5.43 Å². The van der Waals surface area contributed by atoms with Crippen LogP contribution in [0.3, 0.4) is 0 Å². The minimum Gasteiger partial charge on any atom is -0.493 e. The topological polar surface area (TPSA) is 42.8 Å². The Labute approximate surface area is 174 Å². The lowest BCUT2D eigenvalue weighted by Crippen LogP contribution is -2.02. The van der Waals surface area contributed by atoms with Gasteiger partial charge in [-0.15, -0.1) is 0 Å². The molecule has 0 saturated heterocycles. The maximum absolute atomic E-state index is 6.22. The Balaban J connectivity index is 1.78. The van der Waals surface area contributed by atoms with Crippen LogP contribution in [-0.4, -0.2) is 13.3 Å². The molecule has 3 aromatic rings. The first-order chi connectivity index (χ1) is 13.6. The largest absolute Gasteiger partial charge is 0.493 e. The van der Waals surface area contributed by atoms with E-state index in [-0.39, 0.29) is 0 Å². The van der Waals surface area contributed by atoms with Crippen molar-refractivity contribution in [1.29, 1.82) is 0 Å². The van der Waals surface area contributed by atoms with Gasteiger partial charge >= 0.3 is 0 Å². The molecule has 0 saturated carbocycles. The molecule has 0 fully saturated rings. The number of hydrogen-bond acceptors (Lipinski definition) is 4. The second-order valence-electron chi connectivity index (χ2n) is 6.09. The molecule has 0 spiro atoms. The molecule has 4 nitrogen and oxygen atoms in total. The van der Waals surface area contributed by atoms with E-state index in [4.69, 9.17) is 32.7 Å². The highest BCUT2D eigenvalue weighted by Crippen LogP contribution is 2.31. The third-order valence-electron chi connectivity index (χ3n) is 4.13. The number of hydrazone groups is 1. The molecule has 0 atom stereocenters. The molecule has 0 radical (unpaired) electrons. The van der Waals surface area contributed by atoms with Gasteiger partial charge in [0, 0.05) is 21.2 Å². The normalized spacial score (nSPS) is 10.9. The Hall–Kier alpha value is -2.69. The van der Waals surface area contributed by atoms with Crippen molar-refractivity contribution >= 4 is 35.1 Å². The lowest BCUT2D eigenvalue weighted by molar-refractivity contribution is 0.284. The van der Waals surface area contributed by atoms with E-state index in [1.807, 2.05) is 67.6 Å². The summed E-state index contributed by atoms with van der Waals surface area (Å²) < 4.78 is 11.5. The Bertz CT molecular complexity index is 990. The van der Waals surface area contributed by atoms with Crippen LogP contribution in [0.2, 0.25) is 10.0 Å². The second kappa shape index (κ2) is 9.49. The van der Waals surface area contributed by atoms with Crippen LogP contribution in [-0.2, 0) is 6.61 Å². The smallest absolute Gasteiger partial charge is 0.170 e. The quantitative estimate of drug-likeness (QED) is 0.362. The number of para-hydroxylation sites is 1. The van der Waals surface area contributed by atoms with Gasteiger partial charge in [0.15, 0.2) is 11.5 Å². The first-order valence-corrected chi connectivity index (χ1v) is 9.42. The third kappa shape index (κ3) is 4.97. The third-order valence-corrected chi connectivity index (χ3v) is 4.90. The Morgan fingerprint density at radius 2 is 1.82 bits per heavy atom. The van der Waals surface area contributed by atoms with Gasteiger partial charge < -0.3 is 9.47 Å². The molecule has 0 bridgehead atoms. The van der Waals surface area contributed by atoms with Gasteiger partial charge in [0.1, 0.15) is 6.61 Å². The molecule has 1 N–H and O–H groups in total. The van der Waals surface area contributed by atoms with Crippen molar-refractivity contribution in [3.8, 4) is 11.5 Å². The molecule has 6 heteroatoms. The van der Waals surface area contributed by atoms with Crippen LogP contribution in [0, 0.1) is 6.92 Å². The Morgan fingerprint density at radius 3 is 2.57 bits per heavy atom. The summed E-state index contributed by atoms with van der Waals surface area (Å²) in [6.07, 6.45) is 1.68. The second-order valence-corrected chi connectivity index (χ2v) is 6.91. The van der Waals surface area contributed by atoms with Gasteiger partial charge in [-0.1, -0.05) is 53.5 Å². The summed E-state index contributed by atoms with van der Waals surface area (Å²) in [5, 5.41) is 5.64. The predicted molar refractivity (Wildman–Crippen MR) is 116 cm³/mol. The molecule has 0 heterocycles. The molecule has 3 aromatic carbocycles. The number of rotatable bonds is 7. The first-order valence-electron chi connectivity index (χ1n) is 8.67. The zero-order valence-corrected chi connectivity index (χ0v) is 17.1. The fourth-order valence-corrected chi connectivity index (χ4v) is 2.92. The number of anilines is 1. The van der Waals surface area contributed by atoms with Crippen LogP contribution in [0.25, 0.3) is 0 Å². The summed E-state index contributed by atoms with van der Waals surface area (Å²) >= 11 is 12.4. The van der Waals surface area contributed by atoms with Crippen molar-refractivity contribution in [2.45, 2.75) is 13.5 Å². The van der Waals surface area contributed by atoms with Crippen molar-refractivity contribution < 1.29 is 9.47 Å². The van der Waals surface area contributed by atoms with Crippen LogP contribution in [0.5, 0.6) is 11.5 Å². The molecule has 0 amide bonds. The molecule has 0 aliphatic rings. The molecular weight excluding hydrogens is 395 g/mol. The minimum atomic E-state index is 0.321. The van der Waals surface area contributed by atoms with Crippen LogP contribution in [0.15, 0.2) is 65.8 Å². The average molecular weight is 415 g/mol.